The highest BCUT2D eigenvalue weighted by molar-refractivity contribution is 7.92. The summed E-state index contributed by atoms with van der Waals surface area (Å²) in [5.74, 6) is -0.837. The van der Waals surface area contributed by atoms with E-state index in [-0.39, 0.29) is 29.8 Å². The van der Waals surface area contributed by atoms with E-state index in [9.17, 15) is 18.0 Å². The van der Waals surface area contributed by atoms with Crippen molar-refractivity contribution < 1.29 is 18.0 Å². The van der Waals surface area contributed by atoms with Crippen LogP contribution in [-0.4, -0.2) is 43.8 Å². The highest BCUT2D eigenvalue weighted by Crippen LogP contribution is 2.30. The first-order chi connectivity index (χ1) is 21.4. The molecule has 0 heterocycles. The van der Waals surface area contributed by atoms with Crippen molar-refractivity contribution in [2.75, 3.05) is 10.8 Å². The van der Waals surface area contributed by atoms with Crippen LogP contribution in [0.5, 0.6) is 0 Å². The van der Waals surface area contributed by atoms with Crippen LogP contribution in [-0.2, 0) is 32.6 Å². The molecular weight excluding hydrogens is 606 g/mol. The minimum absolute atomic E-state index is 0.0455. The largest absolute Gasteiger partial charge is 0.352 e. The zero-order valence-electron chi connectivity index (χ0n) is 26.3. The van der Waals surface area contributed by atoms with E-state index in [1.165, 1.54) is 17.0 Å². The van der Waals surface area contributed by atoms with Gasteiger partial charge in [0.2, 0.25) is 11.8 Å². The van der Waals surface area contributed by atoms with Crippen molar-refractivity contribution in [2.45, 2.75) is 64.6 Å². The SMILES string of the molecule is Cc1ccc(S(=O)(=O)N(CC(=O)N(Cc2ccccc2C)C(Cc2ccccc2)C(=O)NC(C)C)c2cc(Cl)ccc2C)cc1. The summed E-state index contributed by atoms with van der Waals surface area (Å²) < 4.78 is 29.6. The Morgan fingerprint density at radius 2 is 1.47 bits per heavy atom. The van der Waals surface area contributed by atoms with E-state index >= 15 is 0 Å². The number of nitrogens with zero attached hydrogens (tertiary/aromatic N) is 2. The lowest BCUT2D eigenvalue weighted by Crippen LogP contribution is -2.54. The summed E-state index contributed by atoms with van der Waals surface area (Å²) in [4.78, 5) is 30.0. The normalized spacial score (nSPS) is 12.1. The number of rotatable bonds is 12. The molecule has 0 aliphatic carbocycles. The van der Waals surface area contributed by atoms with Crippen molar-refractivity contribution in [3.05, 3.63) is 130 Å². The monoisotopic (exact) mass is 645 g/mol. The fraction of sp³-hybridized carbons (Fsp3) is 0.278. The number of carbonyl (C=O) groups is 2. The van der Waals surface area contributed by atoms with Crippen molar-refractivity contribution in [1.29, 1.82) is 0 Å². The van der Waals surface area contributed by atoms with E-state index in [2.05, 4.69) is 5.32 Å². The van der Waals surface area contributed by atoms with Gasteiger partial charge in [0.1, 0.15) is 12.6 Å². The molecule has 4 rings (SSSR count). The molecule has 7 nitrogen and oxygen atoms in total. The molecule has 1 unspecified atom stereocenters. The number of benzene rings is 4. The smallest absolute Gasteiger partial charge is 0.264 e. The zero-order chi connectivity index (χ0) is 32.7. The van der Waals surface area contributed by atoms with Crippen LogP contribution in [0.15, 0.2) is 102 Å². The summed E-state index contributed by atoms with van der Waals surface area (Å²) in [7, 11) is -4.22. The number of anilines is 1. The average molecular weight is 646 g/mol. The minimum Gasteiger partial charge on any atom is -0.352 e. The van der Waals surface area contributed by atoms with Crippen LogP contribution in [0, 0.1) is 20.8 Å². The number of hydrogen-bond acceptors (Lipinski definition) is 4. The first-order valence-electron chi connectivity index (χ1n) is 14.9. The van der Waals surface area contributed by atoms with Crippen LogP contribution in [0.1, 0.15) is 41.7 Å². The Labute approximate surface area is 271 Å². The van der Waals surface area contributed by atoms with E-state index in [1.807, 2.05) is 82.3 Å². The van der Waals surface area contributed by atoms with Crippen LogP contribution >= 0.6 is 11.6 Å². The molecule has 0 radical (unpaired) electrons. The maximum absolute atomic E-state index is 14.6. The first-order valence-corrected chi connectivity index (χ1v) is 16.7. The molecule has 236 valence electrons. The standard InChI is InChI=1S/C36H40ClN3O4S/c1-25(2)38-36(42)34(21-29-12-7-6-8-13-29)39(23-30-14-10-9-11-27(30)4)35(41)24-40(33-22-31(37)18-17-28(33)5)45(43,44)32-19-15-26(3)16-20-32/h6-20,22,25,34H,21,23-24H2,1-5H3,(H,38,42). The highest BCUT2D eigenvalue weighted by Gasteiger charge is 2.35. The van der Waals surface area contributed by atoms with Gasteiger partial charge in [0.05, 0.1) is 10.6 Å². The lowest BCUT2D eigenvalue weighted by molar-refractivity contribution is -0.140. The van der Waals surface area contributed by atoms with Crippen molar-refractivity contribution in [3.8, 4) is 0 Å². The number of halogens is 1. The van der Waals surface area contributed by atoms with Gasteiger partial charge in [-0.25, -0.2) is 8.42 Å². The second-order valence-corrected chi connectivity index (χ2v) is 13.9. The van der Waals surface area contributed by atoms with Gasteiger partial charge in [0.25, 0.3) is 10.0 Å². The summed E-state index contributed by atoms with van der Waals surface area (Å²) in [6.07, 6.45) is 0.248. The molecule has 0 aromatic heterocycles. The Bertz CT molecular complexity index is 1740. The summed E-state index contributed by atoms with van der Waals surface area (Å²) in [5, 5.41) is 3.32. The van der Waals surface area contributed by atoms with Crippen molar-refractivity contribution in [3.63, 3.8) is 0 Å². The van der Waals surface area contributed by atoms with Crippen LogP contribution in [0.2, 0.25) is 5.02 Å². The van der Waals surface area contributed by atoms with Gasteiger partial charge in [-0.15, -0.1) is 0 Å². The lowest BCUT2D eigenvalue weighted by atomic mass is 10.0. The molecule has 0 fully saturated rings. The molecular formula is C36H40ClN3O4S. The van der Waals surface area contributed by atoms with Gasteiger partial charge in [0.15, 0.2) is 0 Å². The fourth-order valence-corrected chi connectivity index (χ4v) is 6.74. The molecule has 9 heteroatoms. The summed E-state index contributed by atoms with van der Waals surface area (Å²) in [5.41, 5.74) is 4.50. The molecule has 4 aromatic rings. The Morgan fingerprint density at radius 1 is 0.822 bits per heavy atom. The van der Waals surface area contributed by atoms with Crippen molar-refractivity contribution in [1.82, 2.24) is 10.2 Å². The molecule has 4 aromatic carbocycles. The number of amides is 2. The summed E-state index contributed by atoms with van der Waals surface area (Å²) in [6.45, 7) is 8.89. The molecule has 1 N–H and O–H groups in total. The number of hydrogen-bond donors (Lipinski definition) is 1. The molecule has 2 amide bonds. The van der Waals surface area contributed by atoms with Gasteiger partial charge in [-0.3, -0.25) is 13.9 Å². The summed E-state index contributed by atoms with van der Waals surface area (Å²) in [6, 6.07) is 27.5. The number of carbonyl (C=O) groups excluding carboxylic acids is 2. The second kappa shape index (κ2) is 14.8. The van der Waals surface area contributed by atoms with E-state index < -0.39 is 28.5 Å². The third-order valence-electron chi connectivity index (χ3n) is 7.63. The van der Waals surface area contributed by atoms with E-state index in [0.29, 0.717) is 16.3 Å². The molecule has 0 saturated carbocycles. The van der Waals surface area contributed by atoms with Gasteiger partial charge >= 0.3 is 0 Å². The number of sulfonamides is 1. The molecule has 0 saturated heterocycles. The Kier molecular flexibility index (Phi) is 11.1. The van der Waals surface area contributed by atoms with Crippen molar-refractivity contribution >= 4 is 39.1 Å². The van der Waals surface area contributed by atoms with Crippen LogP contribution in [0.25, 0.3) is 0 Å². The zero-order valence-corrected chi connectivity index (χ0v) is 27.9. The number of aryl methyl sites for hydroxylation is 3. The molecule has 0 aliphatic rings. The maximum atomic E-state index is 14.6. The first kappa shape index (κ1) is 33.7. The molecule has 0 aliphatic heterocycles. The van der Waals surface area contributed by atoms with Gasteiger partial charge in [0, 0.05) is 24.0 Å². The fourth-order valence-electron chi connectivity index (χ4n) is 5.11. The quantitative estimate of drug-likeness (QED) is 0.188. The van der Waals surface area contributed by atoms with E-state index in [1.54, 1.807) is 37.3 Å². The molecule has 0 spiro atoms. The highest BCUT2D eigenvalue weighted by atomic mass is 35.5. The Morgan fingerprint density at radius 3 is 2.11 bits per heavy atom. The van der Waals surface area contributed by atoms with Gasteiger partial charge < -0.3 is 10.2 Å². The average Bonchev–Trinajstić information content (AvgIpc) is 3.00. The van der Waals surface area contributed by atoms with Gasteiger partial charge in [-0.05, 0) is 81.1 Å². The lowest BCUT2D eigenvalue weighted by Gasteiger charge is -2.34. The minimum atomic E-state index is -4.22. The molecule has 45 heavy (non-hydrogen) atoms. The Hall–Kier alpha value is -4.14. The van der Waals surface area contributed by atoms with Crippen molar-refractivity contribution in [2.24, 2.45) is 0 Å². The van der Waals surface area contributed by atoms with E-state index in [0.717, 1.165) is 26.6 Å². The van der Waals surface area contributed by atoms with Gasteiger partial charge in [-0.2, -0.15) is 0 Å². The predicted octanol–water partition coefficient (Wildman–Crippen LogP) is 6.63. The van der Waals surface area contributed by atoms with Gasteiger partial charge in [-0.1, -0.05) is 90.0 Å². The second-order valence-electron chi connectivity index (χ2n) is 11.6. The summed E-state index contributed by atoms with van der Waals surface area (Å²) >= 11 is 6.36. The predicted molar refractivity (Wildman–Crippen MR) is 181 cm³/mol. The molecule has 0 bridgehead atoms. The number of nitrogens with one attached hydrogen (secondary N) is 1. The van der Waals surface area contributed by atoms with Crippen LogP contribution < -0.4 is 9.62 Å². The third kappa shape index (κ3) is 8.53. The topological polar surface area (TPSA) is 86.8 Å². The van der Waals surface area contributed by atoms with Crippen LogP contribution in [0.3, 0.4) is 0 Å². The van der Waals surface area contributed by atoms with Crippen LogP contribution in [0.4, 0.5) is 5.69 Å². The van der Waals surface area contributed by atoms with E-state index in [4.69, 9.17) is 11.6 Å². The third-order valence-corrected chi connectivity index (χ3v) is 9.64. The molecule has 1 atom stereocenters. The Balaban J connectivity index is 1.84. The maximum Gasteiger partial charge on any atom is 0.264 e.